The smallest absolute Gasteiger partial charge is 0.327 e. The quantitative estimate of drug-likeness (QED) is 0.793. The minimum absolute atomic E-state index is 0.281. The van der Waals surface area contributed by atoms with E-state index >= 15 is 0 Å². The van der Waals surface area contributed by atoms with Crippen LogP contribution in [-0.2, 0) is 9.53 Å². The summed E-state index contributed by atoms with van der Waals surface area (Å²) in [5, 5.41) is 3.19. The maximum Gasteiger partial charge on any atom is 0.327 e. The fraction of sp³-hybridized carbons (Fsp3) is 0.538. The molecule has 0 aliphatic rings. The molecule has 0 spiro atoms. The Kier molecular flexibility index (Phi) is 5.10. The van der Waals surface area contributed by atoms with Crippen LogP contribution >= 0.6 is 0 Å². The van der Waals surface area contributed by atoms with Crippen molar-refractivity contribution in [3.8, 4) is 0 Å². The van der Waals surface area contributed by atoms with Gasteiger partial charge in [0.1, 0.15) is 6.04 Å². The summed E-state index contributed by atoms with van der Waals surface area (Å²) in [5.41, 5.74) is 1.77. The minimum atomic E-state index is -0.435. The van der Waals surface area contributed by atoms with Gasteiger partial charge in [-0.25, -0.2) is 4.79 Å². The molecule has 17 heavy (non-hydrogen) atoms. The molecule has 0 saturated heterocycles. The summed E-state index contributed by atoms with van der Waals surface area (Å²) in [5.74, 6) is 0.192. The zero-order chi connectivity index (χ0) is 12.8. The molecule has 1 rings (SSSR count). The Morgan fingerprint density at radius 1 is 1.47 bits per heavy atom. The molecule has 1 heterocycles. The summed E-state index contributed by atoms with van der Waals surface area (Å²) in [6.45, 7) is 6.86. The van der Waals surface area contributed by atoms with E-state index in [2.05, 4.69) is 24.1 Å². The number of pyridine rings is 1. The highest BCUT2D eigenvalue weighted by atomic mass is 16.5. The summed E-state index contributed by atoms with van der Waals surface area (Å²) in [7, 11) is 1.40. The summed E-state index contributed by atoms with van der Waals surface area (Å²) >= 11 is 0. The third kappa shape index (κ3) is 4.15. The van der Waals surface area contributed by atoms with Crippen molar-refractivity contribution >= 4 is 5.97 Å². The summed E-state index contributed by atoms with van der Waals surface area (Å²) < 4.78 is 4.80. The fourth-order valence-corrected chi connectivity index (χ4v) is 1.46. The van der Waals surface area contributed by atoms with Crippen molar-refractivity contribution in [2.75, 3.05) is 13.7 Å². The van der Waals surface area contributed by atoms with E-state index < -0.39 is 6.04 Å². The number of nitrogens with one attached hydrogen (secondary N) is 1. The van der Waals surface area contributed by atoms with E-state index in [1.165, 1.54) is 7.11 Å². The predicted molar refractivity (Wildman–Crippen MR) is 66.6 cm³/mol. The Morgan fingerprint density at radius 2 is 2.18 bits per heavy atom. The van der Waals surface area contributed by atoms with Crippen LogP contribution < -0.4 is 5.32 Å². The lowest BCUT2D eigenvalue weighted by Crippen LogP contribution is -2.32. The van der Waals surface area contributed by atoms with Gasteiger partial charge in [-0.1, -0.05) is 19.9 Å². The number of ether oxygens (including phenoxy) is 1. The van der Waals surface area contributed by atoms with Gasteiger partial charge in [0.05, 0.1) is 7.11 Å². The van der Waals surface area contributed by atoms with Gasteiger partial charge in [0.2, 0.25) is 0 Å². The summed E-state index contributed by atoms with van der Waals surface area (Å²) in [6.07, 6.45) is 1.71. The number of hydrogen-bond acceptors (Lipinski definition) is 4. The maximum atomic E-state index is 11.7. The second kappa shape index (κ2) is 6.35. The van der Waals surface area contributed by atoms with Crippen molar-refractivity contribution in [1.82, 2.24) is 10.3 Å². The number of hydrogen-bond donors (Lipinski definition) is 1. The molecule has 4 heteroatoms. The predicted octanol–water partition coefficient (Wildman–Crippen LogP) is 1.85. The van der Waals surface area contributed by atoms with Crippen molar-refractivity contribution in [2.45, 2.75) is 26.8 Å². The first-order valence-electron chi connectivity index (χ1n) is 5.78. The standard InChI is InChI=1S/C13H20N2O2/c1-9(2)7-15-12(13(16)17-4)11-6-5-10(3)14-8-11/h5-6,8-9,12,15H,7H2,1-4H3. The topological polar surface area (TPSA) is 51.2 Å². The van der Waals surface area contributed by atoms with Crippen LogP contribution in [0.1, 0.15) is 31.1 Å². The Labute approximate surface area is 102 Å². The van der Waals surface area contributed by atoms with Crippen LogP contribution in [0.5, 0.6) is 0 Å². The Bertz CT molecular complexity index is 360. The molecule has 1 N–H and O–H groups in total. The maximum absolute atomic E-state index is 11.7. The Balaban J connectivity index is 2.82. The molecule has 1 aromatic rings. The van der Waals surface area contributed by atoms with Crippen molar-refractivity contribution in [1.29, 1.82) is 0 Å². The van der Waals surface area contributed by atoms with E-state index in [4.69, 9.17) is 4.74 Å². The van der Waals surface area contributed by atoms with Crippen LogP contribution in [0.25, 0.3) is 0 Å². The van der Waals surface area contributed by atoms with Crippen LogP contribution in [0.4, 0.5) is 0 Å². The third-order valence-electron chi connectivity index (χ3n) is 2.43. The molecule has 0 bridgehead atoms. The first-order chi connectivity index (χ1) is 8.04. The molecular weight excluding hydrogens is 216 g/mol. The number of aryl methyl sites for hydroxylation is 1. The van der Waals surface area contributed by atoms with Crippen molar-refractivity contribution < 1.29 is 9.53 Å². The molecule has 0 aliphatic carbocycles. The van der Waals surface area contributed by atoms with Gasteiger partial charge in [-0.15, -0.1) is 0 Å². The number of aromatic nitrogens is 1. The second-order valence-corrected chi connectivity index (χ2v) is 4.49. The van der Waals surface area contributed by atoms with Crippen molar-refractivity contribution in [2.24, 2.45) is 5.92 Å². The molecule has 0 aliphatic heterocycles. The van der Waals surface area contributed by atoms with E-state index in [1.54, 1.807) is 6.20 Å². The van der Waals surface area contributed by atoms with Gasteiger partial charge in [-0.2, -0.15) is 0 Å². The molecule has 4 nitrogen and oxygen atoms in total. The molecule has 0 radical (unpaired) electrons. The van der Waals surface area contributed by atoms with Gasteiger partial charge in [0, 0.05) is 11.9 Å². The molecule has 1 aromatic heterocycles. The number of methoxy groups -OCH3 is 1. The van der Waals surface area contributed by atoms with E-state index in [1.807, 2.05) is 19.1 Å². The van der Waals surface area contributed by atoms with E-state index in [-0.39, 0.29) is 5.97 Å². The van der Waals surface area contributed by atoms with E-state index in [9.17, 15) is 4.79 Å². The average molecular weight is 236 g/mol. The van der Waals surface area contributed by atoms with Crippen LogP contribution in [-0.4, -0.2) is 24.6 Å². The van der Waals surface area contributed by atoms with Gasteiger partial charge >= 0.3 is 5.97 Å². The first-order valence-corrected chi connectivity index (χ1v) is 5.78. The Morgan fingerprint density at radius 3 is 2.65 bits per heavy atom. The van der Waals surface area contributed by atoms with Gasteiger partial charge in [-0.05, 0) is 31.0 Å². The minimum Gasteiger partial charge on any atom is -0.468 e. The lowest BCUT2D eigenvalue weighted by molar-refractivity contribution is -0.143. The van der Waals surface area contributed by atoms with Gasteiger partial charge in [0.15, 0.2) is 0 Å². The zero-order valence-corrected chi connectivity index (χ0v) is 10.9. The molecule has 0 fully saturated rings. The Hall–Kier alpha value is -1.42. The largest absolute Gasteiger partial charge is 0.468 e. The van der Waals surface area contributed by atoms with E-state index in [0.717, 1.165) is 17.8 Å². The number of esters is 1. The normalized spacial score (nSPS) is 12.5. The lowest BCUT2D eigenvalue weighted by Gasteiger charge is -2.18. The fourth-order valence-electron chi connectivity index (χ4n) is 1.46. The molecular formula is C13H20N2O2. The summed E-state index contributed by atoms with van der Waals surface area (Å²) in [6, 6.07) is 3.36. The van der Waals surface area contributed by atoms with Gasteiger partial charge in [-0.3, -0.25) is 4.98 Å². The average Bonchev–Trinajstić information content (AvgIpc) is 2.30. The molecule has 0 aromatic carbocycles. The molecule has 0 amide bonds. The monoisotopic (exact) mass is 236 g/mol. The van der Waals surface area contributed by atoms with Gasteiger partial charge < -0.3 is 10.1 Å². The van der Waals surface area contributed by atoms with E-state index in [0.29, 0.717) is 5.92 Å². The molecule has 1 unspecified atom stereocenters. The van der Waals surface area contributed by atoms with Crippen LogP contribution in [0.3, 0.4) is 0 Å². The SMILES string of the molecule is COC(=O)C(NCC(C)C)c1ccc(C)nc1. The highest BCUT2D eigenvalue weighted by Crippen LogP contribution is 2.14. The number of rotatable bonds is 5. The zero-order valence-electron chi connectivity index (χ0n) is 10.9. The van der Waals surface area contributed by atoms with Crippen LogP contribution in [0.15, 0.2) is 18.3 Å². The third-order valence-corrected chi connectivity index (χ3v) is 2.43. The molecule has 94 valence electrons. The highest BCUT2D eigenvalue weighted by Gasteiger charge is 2.21. The van der Waals surface area contributed by atoms with Crippen LogP contribution in [0.2, 0.25) is 0 Å². The molecule has 0 saturated carbocycles. The second-order valence-electron chi connectivity index (χ2n) is 4.49. The first kappa shape index (κ1) is 13.6. The lowest BCUT2D eigenvalue weighted by atomic mass is 10.1. The number of nitrogens with zero attached hydrogens (tertiary/aromatic N) is 1. The molecule has 1 atom stereocenters. The highest BCUT2D eigenvalue weighted by molar-refractivity contribution is 5.77. The van der Waals surface area contributed by atoms with Crippen molar-refractivity contribution in [3.05, 3.63) is 29.6 Å². The summed E-state index contributed by atoms with van der Waals surface area (Å²) in [4.78, 5) is 15.9. The van der Waals surface area contributed by atoms with Gasteiger partial charge in [0.25, 0.3) is 0 Å². The van der Waals surface area contributed by atoms with Crippen molar-refractivity contribution in [3.63, 3.8) is 0 Å². The number of carbonyl (C=O) groups is 1. The number of carbonyl (C=O) groups excluding carboxylic acids is 1. The van der Waals surface area contributed by atoms with Crippen LogP contribution in [0, 0.1) is 12.8 Å².